The number of hydrogen-bond acceptors (Lipinski definition) is 7. The van der Waals surface area contributed by atoms with Gasteiger partial charge in [-0.1, -0.05) is 18.2 Å². The lowest BCUT2D eigenvalue weighted by molar-refractivity contribution is -0.138. The molecule has 0 aliphatic rings. The normalized spacial score (nSPS) is 11.5. The zero-order valence-electron chi connectivity index (χ0n) is 19.8. The molecular weight excluding hydrogens is 481 g/mol. The first-order valence-corrected chi connectivity index (χ1v) is 11.3. The van der Waals surface area contributed by atoms with Crippen LogP contribution in [0.1, 0.15) is 16.8 Å². The van der Waals surface area contributed by atoms with Gasteiger partial charge in [-0.3, -0.25) is 14.6 Å². The van der Waals surface area contributed by atoms with Gasteiger partial charge in [0.15, 0.2) is 23.1 Å². The Labute approximate surface area is 211 Å². The smallest absolute Gasteiger partial charge is 0.320 e. The number of carbonyl (C=O) groups excluding carboxylic acids is 1. The summed E-state index contributed by atoms with van der Waals surface area (Å²) < 4.78 is 31.8. The standard InChI is InChI=1S/C27H24FN3O6/c1-35-24-14-18-21(15-25(24)36-12-10-20(29)27(33)34)30-11-9-22(18)37-23-8-7-17(13-19(23)28)31-26(32)16-5-3-2-4-6-16/h2-9,11,13-15,20H,10,12,29H2,1H3,(H,31,32)(H,33,34)/t20-/m0/s1. The van der Waals surface area contributed by atoms with Crippen LogP contribution in [0.4, 0.5) is 10.1 Å². The molecule has 0 saturated heterocycles. The van der Waals surface area contributed by atoms with Gasteiger partial charge in [0.05, 0.1) is 19.2 Å². The number of rotatable bonds is 10. The summed E-state index contributed by atoms with van der Waals surface area (Å²) in [5, 5.41) is 12.1. The van der Waals surface area contributed by atoms with Gasteiger partial charge in [0, 0.05) is 41.4 Å². The minimum Gasteiger partial charge on any atom is -0.493 e. The summed E-state index contributed by atoms with van der Waals surface area (Å²) in [7, 11) is 1.45. The average Bonchev–Trinajstić information content (AvgIpc) is 2.90. The molecule has 0 bridgehead atoms. The van der Waals surface area contributed by atoms with E-state index in [2.05, 4.69) is 10.3 Å². The molecule has 0 aliphatic heterocycles. The molecule has 4 rings (SSSR count). The molecule has 4 aromatic rings. The molecule has 0 radical (unpaired) electrons. The zero-order valence-corrected chi connectivity index (χ0v) is 19.8. The van der Waals surface area contributed by atoms with Crippen molar-refractivity contribution in [1.29, 1.82) is 0 Å². The summed E-state index contributed by atoms with van der Waals surface area (Å²) in [4.78, 5) is 27.6. The molecule has 1 aromatic heterocycles. The van der Waals surface area contributed by atoms with Crippen molar-refractivity contribution in [3.8, 4) is 23.0 Å². The largest absolute Gasteiger partial charge is 0.493 e. The molecule has 0 spiro atoms. The van der Waals surface area contributed by atoms with Crippen molar-refractivity contribution in [2.75, 3.05) is 19.0 Å². The number of amides is 1. The van der Waals surface area contributed by atoms with Crippen LogP contribution in [0.15, 0.2) is 72.9 Å². The Bertz CT molecular complexity index is 1430. The topological polar surface area (TPSA) is 133 Å². The Morgan fingerprint density at radius 1 is 1.03 bits per heavy atom. The maximum atomic E-state index is 14.9. The van der Waals surface area contributed by atoms with Crippen molar-refractivity contribution in [3.63, 3.8) is 0 Å². The number of halogens is 1. The number of methoxy groups -OCH3 is 1. The third-order valence-electron chi connectivity index (χ3n) is 5.44. The summed E-state index contributed by atoms with van der Waals surface area (Å²) in [6.07, 6.45) is 1.61. The molecule has 0 aliphatic carbocycles. The first kappa shape index (κ1) is 25.4. The Morgan fingerprint density at radius 3 is 2.51 bits per heavy atom. The highest BCUT2D eigenvalue weighted by molar-refractivity contribution is 6.04. The lowest BCUT2D eigenvalue weighted by Gasteiger charge is -2.15. The number of carboxylic acids is 1. The van der Waals surface area contributed by atoms with Gasteiger partial charge in [-0.2, -0.15) is 0 Å². The number of carbonyl (C=O) groups is 2. The van der Waals surface area contributed by atoms with Crippen LogP contribution >= 0.6 is 0 Å². The summed E-state index contributed by atoms with van der Waals surface area (Å²) in [6, 6.07) is 16.5. The van der Waals surface area contributed by atoms with Crippen LogP contribution in [0, 0.1) is 5.82 Å². The molecule has 0 fully saturated rings. The number of fused-ring (bicyclic) bond motifs is 1. The summed E-state index contributed by atoms with van der Waals surface area (Å²) >= 11 is 0. The number of nitrogens with two attached hydrogens (primary N) is 1. The minimum absolute atomic E-state index is 0.0489. The van der Waals surface area contributed by atoms with Crippen LogP contribution in [0.3, 0.4) is 0 Å². The van der Waals surface area contributed by atoms with Gasteiger partial charge in [0.2, 0.25) is 0 Å². The number of pyridine rings is 1. The number of hydrogen-bond donors (Lipinski definition) is 3. The van der Waals surface area contributed by atoms with Crippen LogP contribution in [0.5, 0.6) is 23.0 Å². The van der Waals surface area contributed by atoms with Gasteiger partial charge in [0.1, 0.15) is 11.8 Å². The average molecular weight is 506 g/mol. The van der Waals surface area contributed by atoms with E-state index >= 15 is 0 Å². The third-order valence-corrected chi connectivity index (χ3v) is 5.44. The van der Waals surface area contributed by atoms with Crippen molar-refractivity contribution in [2.45, 2.75) is 12.5 Å². The summed E-state index contributed by atoms with van der Waals surface area (Å²) in [5.74, 6) is -1.16. The fourth-order valence-electron chi connectivity index (χ4n) is 3.48. The maximum Gasteiger partial charge on any atom is 0.320 e. The SMILES string of the molecule is COc1cc2c(Oc3ccc(NC(=O)c4ccccc4)cc3F)ccnc2cc1OCC[C@H](N)C(=O)O. The predicted octanol–water partition coefficient (Wildman–Crippen LogP) is 4.61. The molecule has 1 heterocycles. The quantitative estimate of drug-likeness (QED) is 0.285. The van der Waals surface area contributed by atoms with Gasteiger partial charge in [-0.05, 0) is 36.4 Å². The van der Waals surface area contributed by atoms with Crippen LogP contribution in [-0.2, 0) is 4.79 Å². The number of carboxylic acid groups (broad SMARTS) is 1. The number of nitrogens with zero attached hydrogens (tertiary/aromatic N) is 1. The number of aromatic nitrogens is 1. The van der Waals surface area contributed by atoms with Crippen LogP contribution in [0.25, 0.3) is 10.9 Å². The monoisotopic (exact) mass is 505 g/mol. The van der Waals surface area contributed by atoms with Gasteiger partial charge >= 0.3 is 5.97 Å². The highest BCUT2D eigenvalue weighted by Crippen LogP contribution is 2.38. The molecule has 9 nitrogen and oxygen atoms in total. The van der Waals surface area contributed by atoms with Gasteiger partial charge in [-0.25, -0.2) is 4.39 Å². The molecule has 190 valence electrons. The summed E-state index contributed by atoms with van der Waals surface area (Å²) in [5.41, 5.74) is 6.74. The van der Waals surface area contributed by atoms with E-state index < -0.39 is 17.8 Å². The molecule has 3 aromatic carbocycles. The Kier molecular flexibility index (Phi) is 7.80. The number of ether oxygens (including phenoxy) is 3. The molecule has 1 amide bonds. The molecule has 10 heteroatoms. The Morgan fingerprint density at radius 2 is 1.81 bits per heavy atom. The predicted molar refractivity (Wildman–Crippen MR) is 135 cm³/mol. The molecule has 0 saturated carbocycles. The lowest BCUT2D eigenvalue weighted by atomic mass is 10.1. The maximum absolute atomic E-state index is 14.9. The minimum atomic E-state index is -1.11. The van der Waals surface area contributed by atoms with Crippen LogP contribution < -0.4 is 25.3 Å². The number of aliphatic carboxylic acids is 1. The van der Waals surface area contributed by atoms with Gasteiger partial charge in [0.25, 0.3) is 5.91 Å². The second kappa shape index (κ2) is 11.4. The molecule has 0 unspecified atom stereocenters. The molecular formula is C27H24FN3O6. The second-order valence-corrected chi connectivity index (χ2v) is 7.98. The van der Waals surface area contributed by atoms with Crippen molar-refractivity contribution in [1.82, 2.24) is 4.98 Å². The second-order valence-electron chi connectivity index (χ2n) is 7.98. The number of nitrogens with one attached hydrogen (secondary N) is 1. The van der Waals surface area contributed by atoms with Crippen molar-refractivity contribution < 1.29 is 33.3 Å². The van der Waals surface area contributed by atoms with E-state index in [1.165, 1.54) is 31.5 Å². The van der Waals surface area contributed by atoms with Crippen LogP contribution in [-0.4, -0.2) is 41.7 Å². The lowest BCUT2D eigenvalue weighted by Crippen LogP contribution is -2.31. The fourth-order valence-corrected chi connectivity index (χ4v) is 3.48. The first-order valence-electron chi connectivity index (χ1n) is 11.3. The molecule has 1 atom stereocenters. The number of anilines is 1. The van der Waals surface area contributed by atoms with E-state index in [0.29, 0.717) is 33.7 Å². The van der Waals surface area contributed by atoms with Crippen molar-refractivity contribution >= 4 is 28.5 Å². The number of benzene rings is 3. The highest BCUT2D eigenvalue weighted by Gasteiger charge is 2.16. The summed E-state index contributed by atoms with van der Waals surface area (Å²) in [6.45, 7) is 0.0594. The third kappa shape index (κ3) is 6.11. The first-order chi connectivity index (χ1) is 17.9. The van der Waals surface area contributed by atoms with Gasteiger partial charge in [-0.15, -0.1) is 0 Å². The molecule has 4 N–H and O–H groups in total. The van der Waals surface area contributed by atoms with E-state index in [1.54, 1.807) is 48.5 Å². The van der Waals surface area contributed by atoms with E-state index in [-0.39, 0.29) is 30.4 Å². The zero-order chi connectivity index (χ0) is 26.4. The van der Waals surface area contributed by atoms with Crippen molar-refractivity contribution in [2.24, 2.45) is 5.73 Å². The highest BCUT2D eigenvalue weighted by atomic mass is 19.1. The molecule has 37 heavy (non-hydrogen) atoms. The Hall–Kier alpha value is -4.70. The van der Waals surface area contributed by atoms with Crippen LogP contribution in [0.2, 0.25) is 0 Å². The fraction of sp³-hybridized carbons (Fsp3) is 0.148. The Balaban J connectivity index is 1.53. The van der Waals surface area contributed by atoms with Gasteiger partial charge < -0.3 is 30.4 Å². The van der Waals surface area contributed by atoms with E-state index in [4.69, 9.17) is 25.1 Å². The van der Waals surface area contributed by atoms with E-state index in [9.17, 15) is 14.0 Å². The van der Waals surface area contributed by atoms with E-state index in [0.717, 1.165) is 0 Å². The van der Waals surface area contributed by atoms with Crippen molar-refractivity contribution in [3.05, 3.63) is 84.3 Å². The van der Waals surface area contributed by atoms with E-state index in [1.807, 2.05) is 0 Å².